The lowest BCUT2D eigenvalue weighted by Gasteiger charge is -2.10. The third-order valence-corrected chi connectivity index (χ3v) is 3.25. The molecule has 1 heterocycles. The average molecular weight is 307 g/mol. The Hall–Kier alpha value is -1.03. The maximum Gasteiger partial charge on any atom is 0.223 e. The van der Waals surface area contributed by atoms with E-state index < -0.39 is 5.82 Å². The molecule has 6 heteroatoms. The van der Waals surface area contributed by atoms with E-state index in [0.717, 1.165) is 6.20 Å². The number of nitrogens with zero attached hydrogens (tertiary/aromatic N) is 1. The minimum absolute atomic E-state index is 0.0816. The predicted molar refractivity (Wildman–Crippen MR) is 70.3 cm³/mol. The number of benzene rings is 1. The Kier molecular flexibility index (Phi) is 4.27. The van der Waals surface area contributed by atoms with Crippen LogP contribution in [0.3, 0.4) is 0 Å². The molecule has 0 saturated heterocycles. The summed E-state index contributed by atoms with van der Waals surface area (Å²) in [6, 6.07) is 6.22. The fourth-order valence-electron chi connectivity index (χ4n) is 1.32. The first-order chi connectivity index (χ1) is 8.61. The monoisotopic (exact) mass is 305 g/mol. The minimum atomic E-state index is -0.477. The Bertz CT molecular complexity index is 577. The van der Waals surface area contributed by atoms with Crippen molar-refractivity contribution in [3.63, 3.8) is 0 Å². The highest BCUT2D eigenvalue weighted by atomic mass is 35.5. The molecule has 0 unspecified atom stereocenters. The number of aromatic nitrogens is 1. The number of hydrogen-bond donors (Lipinski definition) is 0. The van der Waals surface area contributed by atoms with Crippen molar-refractivity contribution in [2.75, 3.05) is 0 Å². The van der Waals surface area contributed by atoms with Gasteiger partial charge < -0.3 is 4.74 Å². The van der Waals surface area contributed by atoms with Gasteiger partial charge in [0.05, 0.1) is 17.1 Å². The Morgan fingerprint density at radius 1 is 1.28 bits per heavy atom. The highest BCUT2D eigenvalue weighted by Gasteiger charge is 2.11. The van der Waals surface area contributed by atoms with Crippen molar-refractivity contribution in [2.24, 2.45) is 0 Å². The molecule has 0 aliphatic rings. The van der Waals surface area contributed by atoms with E-state index in [4.69, 9.17) is 39.5 Å². The smallest absolute Gasteiger partial charge is 0.223 e. The molecule has 18 heavy (non-hydrogen) atoms. The lowest BCUT2D eigenvalue weighted by molar-refractivity contribution is 0.454. The molecule has 0 saturated carbocycles. The van der Waals surface area contributed by atoms with E-state index in [-0.39, 0.29) is 16.8 Å². The molecule has 2 aromatic rings. The summed E-state index contributed by atoms with van der Waals surface area (Å²) in [6.07, 6.45) is 1.05. The van der Waals surface area contributed by atoms with Crippen molar-refractivity contribution in [2.45, 2.75) is 5.88 Å². The fourth-order valence-corrected chi connectivity index (χ4v) is 1.85. The highest BCUT2D eigenvalue weighted by Crippen LogP contribution is 2.35. The van der Waals surface area contributed by atoms with Gasteiger partial charge in [0.1, 0.15) is 16.6 Å². The van der Waals surface area contributed by atoms with Gasteiger partial charge in [0.25, 0.3) is 0 Å². The topological polar surface area (TPSA) is 22.1 Å². The van der Waals surface area contributed by atoms with E-state index in [1.54, 1.807) is 18.2 Å². The Morgan fingerprint density at radius 2 is 2.06 bits per heavy atom. The molecular weight excluding hydrogens is 299 g/mol. The van der Waals surface area contributed by atoms with Gasteiger partial charge in [-0.25, -0.2) is 9.37 Å². The molecular formula is C12H7Cl3FNO. The molecule has 94 valence electrons. The maximum atomic E-state index is 13.0. The minimum Gasteiger partial charge on any atom is -0.437 e. The second-order valence-electron chi connectivity index (χ2n) is 3.41. The molecule has 2 nitrogen and oxygen atoms in total. The van der Waals surface area contributed by atoms with Crippen LogP contribution in [0.1, 0.15) is 5.56 Å². The van der Waals surface area contributed by atoms with E-state index in [1.165, 1.54) is 6.07 Å². The lowest BCUT2D eigenvalue weighted by atomic mass is 10.3. The number of rotatable bonds is 3. The van der Waals surface area contributed by atoms with Crippen molar-refractivity contribution in [1.29, 1.82) is 0 Å². The quantitative estimate of drug-likeness (QED) is 0.740. The molecule has 0 radical (unpaired) electrons. The summed E-state index contributed by atoms with van der Waals surface area (Å²) in [4.78, 5) is 3.83. The van der Waals surface area contributed by atoms with Crippen LogP contribution in [0.2, 0.25) is 10.0 Å². The molecule has 0 aliphatic carbocycles. The summed E-state index contributed by atoms with van der Waals surface area (Å²) in [5, 5.41) is 0.634. The van der Waals surface area contributed by atoms with Crippen molar-refractivity contribution in [1.82, 2.24) is 4.98 Å². The standard InChI is InChI=1S/C12H7Cl3FNO/c13-5-7-4-8(16)6-17-12(7)18-10-3-1-2-9(14)11(10)15/h1-4,6H,5H2. The maximum absolute atomic E-state index is 13.0. The van der Waals surface area contributed by atoms with Gasteiger partial charge in [-0.1, -0.05) is 29.3 Å². The predicted octanol–water partition coefficient (Wildman–Crippen LogP) is 5.06. The summed E-state index contributed by atoms with van der Waals surface area (Å²) >= 11 is 17.5. The summed E-state index contributed by atoms with van der Waals surface area (Å²) in [5.41, 5.74) is 0.438. The molecule has 0 bridgehead atoms. The van der Waals surface area contributed by atoms with Crippen LogP contribution >= 0.6 is 34.8 Å². The van der Waals surface area contributed by atoms with Crippen LogP contribution in [0.25, 0.3) is 0 Å². The number of ether oxygens (including phenoxy) is 1. The number of alkyl halides is 1. The van der Waals surface area contributed by atoms with Crippen molar-refractivity contribution in [3.05, 3.63) is 51.9 Å². The van der Waals surface area contributed by atoms with Gasteiger partial charge in [-0.3, -0.25) is 0 Å². The van der Waals surface area contributed by atoms with Gasteiger partial charge in [0, 0.05) is 5.56 Å². The average Bonchev–Trinajstić information content (AvgIpc) is 2.37. The number of halogens is 4. The van der Waals surface area contributed by atoms with E-state index in [2.05, 4.69) is 4.98 Å². The van der Waals surface area contributed by atoms with Gasteiger partial charge in [0.15, 0.2) is 0 Å². The van der Waals surface area contributed by atoms with Crippen molar-refractivity contribution >= 4 is 34.8 Å². The van der Waals surface area contributed by atoms with Crippen LogP contribution in [0, 0.1) is 5.82 Å². The first-order valence-electron chi connectivity index (χ1n) is 4.94. The van der Waals surface area contributed by atoms with Gasteiger partial charge >= 0.3 is 0 Å². The zero-order valence-electron chi connectivity index (χ0n) is 8.96. The third kappa shape index (κ3) is 2.86. The van der Waals surface area contributed by atoms with Gasteiger partial charge in [-0.2, -0.15) is 0 Å². The molecule has 1 aromatic carbocycles. The molecule has 1 aromatic heterocycles. The molecule has 0 aliphatic heterocycles. The van der Waals surface area contributed by atoms with Gasteiger partial charge in [0.2, 0.25) is 5.88 Å². The zero-order chi connectivity index (χ0) is 13.1. The fraction of sp³-hybridized carbons (Fsp3) is 0.0833. The highest BCUT2D eigenvalue weighted by molar-refractivity contribution is 6.42. The van der Waals surface area contributed by atoms with Crippen LogP contribution in [0.15, 0.2) is 30.5 Å². The summed E-state index contributed by atoms with van der Waals surface area (Å²) in [5.74, 6) is 0.151. The van der Waals surface area contributed by atoms with Crippen LogP contribution in [-0.4, -0.2) is 4.98 Å². The Labute approximate surface area is 118 Å². The largest absolute Gasteiger partial charge is 0.437 e. The van der Waals surface area contributed by atoms with E-state index in [0.29, 0.717) is 16.3 Å². The first kappa shape index (κ1) is 13.4. The van der Waals surface area contributed by atoms with Crippen LogP contribution in [0.4, 0.5) is 4.39 Å². The molecule has 2 rings (SSSR count). The third-order valence-electron chi connectivity index (χ3n) is 2.16. The molecule has 0 fully saturated rings. The molecule has 0 spiro atoms. The number of hydrogen-bond acceptors (Lipinski definition) is 2. The van der Waals surface area contributed by atoms with E-state index >= 15 is 0 Å². The molecule has 0 N–H and O–H groups in total. The Balaban J connectivity index is 2.37. The van der Waals surface area contributed by atoms with Crippen LogP contribution in [-0.2, 0) is 5.88 Å². The summed E-state index contributed by atoms with van der Waals surface area (Å²) < 4.78 is 18.5. The van der Waals surface area contributed by atoms with Gasteiger partial charge in [-0.05, 0) is 18.2 Å². The second-order valence-corrected chi connectivity index (χ2v) is 4.46. The van der Waals surface area contributed by atoms with Crippen molar-refractivity contribution in [3.8, 4) is 11.6 Å². The van der Waals surface area contributed by atoms with Crippen LogP contribution < -0.4 is 4.74 Å². The van der Waals surface area contributed by atoms with Crippen LogP contribution in [0.5, 0.6) is 11.6 Å². The van der Waals surface area contributed by atoms with E-state index in [1.807, 2.05) is 0 Å². The number of pyridine rings is 1. The molecule has 0 atom stereocenters. The Morgan fingerprint density at radius 3 is 2.78 bits per heavy atom. The SMILES string of the molecule is Fc1cnc(Oc2cccc(Cl)c2Cl)c(CCl)c1. The normalized spacial score (nSPS) is 10.4. The summed E-state index contributed by atoms with van der Waals surface area (Å²) in [7, 11) is 0. The lowest BCUT2D eigenvalue weighted by Crippen LogP contribution is -1.95. The first-order valence-corrected chi connectivity index (χ1v) is 6.23. The van der Waals surface area contributed by atoms with Crippen molar-refractivity contribution < 1.29 is 9.13 Å². The van der Waals surface area contributed by atoms with E-state index in [9.17, 15) is 4.39 Å². The second kappa shape index (κ2) is 5.74. The zero-order valence-corrected chi connectivity index (χ0v) is 11.2. The molecule has 0 amide bonds. The van der Waals surface area contributed by atoms with Gasteiger partial charge in [-0.15, -0.1) is 11.6 Å². The summed E-state index contributed by atoms with van der Waals surface area (Å²) in [6.45, 7) is 0.